The summed E-state index contributed by atoms with van der Waals surface area (Å²) < 4.78 is 0. The number of carbonyl (C=O) groups is 1. The van der Waals surface area contributed by atoms with Crippen molar-refractivity contribution in [2.24, 2.45) is 10.8 Å². The number of ketones is 1. The van der Waals surface area contributed by atoms with Crippen LogP contribution in [0, 0.1) is 0 Å². The van der Waals surface area contributed by atoms with Crippen LogP contribution in [0.3, 0.4) is 0 Å². The molecule has 3 rings (SSSR count). The van der Waals surface area contributed by atoms with Crippen LogP contribution in [0.2, 0.25) is 0 Å². The quantitative estimate of drug-likeness (QED) is 0.692. The highest BCUT2D eigenvalue weighted by molar-refractivity contribution is 8.14. The second-order valence-corrected chi connectivity index (χ2v) is 6.99. The number of thiophene rings is 2. The largest absolute Gasteiger partial charge is 0.377 e. The third-order valence-electron chi connectivity index (χ3n) is 2.62. The van der Waals surface area contributed by atoms with Crippen molar-refractivity contribution in [1.29, 1.82) is 0 Å². The first-order chi connectivity index (χ1) is 9.74. The van der Waals surface area contributed by atoms with E-state index in [1.807, 2.05) is 35.0 Å². The molecular weight excluding hydrogens is 310 g/mol. The number of amidine groups is 1. The Morgan fingerprint density at radius 2 is 2.10 bits per heavy atom. The van der Waals surface area contributed by atoms with Crippen LogP contribution in [0.5, 0.6) is 0 Å². The van der Waals surface area contributed by atoms with Gasteiger partial charge in [0, 0.05) is 17.2 Å². The summed E-state index contributed by atoms with van der Waals surface area (Å²) in [7, 11) is 0. The Labute approximate surface area is 128 Å². The van der Waals surface area contributed by atoms with E-state index >= 15 is 0 Å². The molecule has 20 heavy (non-hydrogen) atoms. The highest BCUT2D eigenvalue weighted by Gasteiger charge is 2.27. The minimum atomic E-state index is -0.0180. The predicted molar refractivity (Wildman–Crippen MR) is 85.9 cm³/mol. The molecule has 0 radical (unpaired) electrons. The van der Waals surface area contributed by atoms with Crippen LogP contribution in [-0.4, -0.2) is 16.0 Å². The van der Waals surface area contributed by atoms with Crippen molar-refractivity contribution in [3.8, 4) is 0 Å². The Bertz CT molecular complexity index is 646. The van der Waals surface area contributed by atoms with Gasteiger partial charge in [-0.25, -0.2) is 0 Å². The molecule has 4 nitrogen and oxygen atoms in total. The third kappa shape index (κ3) is 2.79. The topological polar surface area (TPSA) is 58.7 Å². The van der Waals surface area contributed by atoms with Crippen LogP contribution in [0.4, 0.5) is 0 Å². The van der Waals surface area contributed by atoms with Gasteiger partial charge in [0.1, 0.15) is 5.37 Å². The molecule has 0 aliphatic carbocycles. The zero-order valence-electron chi connectivity index (χ0n) is 10.3. The first-order valence-corrected chi connectivity index (χ1v) is 8.46. The van der Waals surface area contributed by atoms with Crippen LogP contribution in [-0.2, 0) is 0 Å². The molecule has 2 aromatic heterocycles. The van der Waals surface area contributed by atoms with Crippen molar-refractivity contribution in [3.05, 3.63) is 57.1 Å². The van der Waals surface area contributed by atoms with E-state index in [-0.39, 0.29) is 11.2 Å². The summed E-state index contributed by atoms with van der Waals surface area (Å²) in [4.78, 5) is 13.8. The van der Waals surface area contributed by atoms with E-state index in [4.69, 9.17) is 5.73 Å². The van der Waals surface area contributed by atoms with Gasteiger partial charge in [0.05, 0.1) is 4.88 Å². The van der Waals surface area contributed by atoms with E-state index < -0.39 is 0 Å². The van der Waals surface area contributed by atoms with Crippen molar-refractivity contribution in [1.82, 2.24) is 5.01 Å². The average Bonchev–Trinajstić information content (AvgIpc) is 3.17. The van der Waals surface area contributed by atoms with Gasteiger partial charge in [0.2, 0.25) is 0 Å². The number of thioether (sulfide) groups is 1. The molecule has 0 saturated carbocycles. The summed E-state index contributed by atoms with van der Waals surface area (Å²) in [5.41, 5.74) is 5.78. The minimum Gasteiger partial charge on any atom is -0.377 e. The molecule has 0 fully saturated rings. The van der Waals surface area contributed by atoms with E-state index in [1.165, 1.54) is 29.2 Å². The smallest absolute Gasteiger partial charge is 0.197 e. The molecule has 2 aromatic rings. The van der Waals surface area contributed by atoms with Gasteiger partial charge in [0.15, 0.2) is 11.0 Å². The van der Waals surface area contributed by atoms with E-state index in [0.717, 1.165) is 9.75 Å². The Morgan fingerprint density at radius 1 is 1.30 bits per heavy atom. The molecule has 3 heterocycles. The summed E-state index contributed by atoms with van der Waals surface area (Å²) in [6.45, 7) is 0. The number of carbonyl (C=O) groups excluding carboxylic acids is 1. The molecule has 0 bridgehead atoms. The van der Waals surface area contributed by atoms with Crippen molar-refractivity contribution in [2.45, 2.75) is 5.37 Å². The lowest BCUT2D eigenvalue weighted by Crippen LogP contribution is -2.10. The van der Waals surface area contributed by atoms with Gasteiger partial charge >= 0.3 is 0 Å². The molecule has 102 valence electrons. The van der Waals surface area contributed by atoms with Gasteiger partial charge < -0.3 is 5.73 Å². The van der Waals surface area contributed by atoms with Crippen molar-refractivity contribution >= 4 is 45.4 Å². The highest BCUT2D eigenvalue weighted by atomic mass is 32.2. The first-order valence-electron chi connectivity index (χ1n) is 5.82. The molecule has 1 atom stereocenters. The van der Waals surface area contributed by atoms with E-state index in [1.54, 1.807) is 22.5 Å². The second-order valence-electron chi connectivity index (χ2n) is 3.96. The molecule has 0 aromatic carbocycles. The van der Waals surface area contributed by atoms with Crippen molar-refractivity contribution in [2.75, 3.05) is 0 Å². The molecular formula is C13H11N3OS3. The number of nitrogens with two attached hydrogens (primary N) is 1. The van der Waals surface area contributed by atoms with Crippen LogP contribution in [0.25, 0.3) is 0 Å². The van der Waals surface area contributed by atoms with Gasteiger partial charge in [-0.3, -0.25) is 9.80 Å². The van der Waals surface area contributed by atoms with Crippen LogP contribution in [0.1, 0.15) is 19.9 Å². The maximum atomic E-state index is 12.0. The number of hydrogen-bond acceptors (Lipinski definition) is 7. The zero-order valence-corrected chi connectivity index (χ0v) is 12.8. The zero-order chi connectivity index (χ0) is 13.9. The summed E-state index contributed by atoms with van der Waals surface area (Å²) in [5, 5.41) is 10.4. The standard InChI is InChI=1S/C13H11N3OS3/c14-13-15-16(12(20-13)11-4-2-8-19-11)6-5-9(17)10-3-1-7-18-10/h1-8,12H,(H2,14,15)/b6-5+. The summed E-state index contributed by atoms with van der Waals surface area (Å²) in [6.07, 6.45) is 3.23. The summed E-state index contributed by atoms with van der Waals surface area (Å²) >= 11 is 4.56. The number of rotatable bonds is 4. The highest BCUT2D eigenvalue weighted by Crippen LogP contribution is 2.40. The van der Waals surface area contributed by atoms with Gasteiger partial charge in [0.25, 0.3) is 0 Å². The van der Waals surface area contributed by atoms with Crippen LogP contribution >= 0.6 is 34.4 Å². The van der Waals surface area contributed by atoms with E-state index in [9.17, 15) is 4.79 Å². The van der Waals surface area contributed by atoms with E-state index in [2.05, 4.69) is 5.10 Å². The minimum absolute atomic E-state index is 0.0161. The Morgan fingerprint density at radius 3 is 2.80 bits per heavy atom. The molecule has 0 amide bonds. The molecule has 1 unspecified atom stereocenters. The van der Waals surface area contributed by atoms with Crippen LogP contribution in [0.15, 0.2) is 52.4 Å². The normalized spacial score (nSPS) is 18.7. The fourth-order valence-corrected chi connectivity index (χ4v) is 4.18. The monoisotopic (exact) mass is 321 g/mol. The lowest BCUT2D eigenvalue weighted by molar-refractivity contribution is 0.104. The molecule has 7 heteroatoms. The molecule has 1 aliphatic heterocycles. The summed E-state index contributed by atoms with van der Waals surface area (Å²) in [5.74, 6) is -0.0180. The number of hydrazone groups is 1. The number of allylic oxidation sites excluding steroid dienone is 1. The molecule has 0 spiro atoms. The molecule has 0 saturated heterocycles. The Hall–Kier alpha value is -1.57. The number of hydrogen-bond donors (Lipinski definition) is 1. The number of nitrogens with zero attached hydrogens (tertiary/aromatic N) is 2. The lowest BCUT2D eigenvalue weighted by Gasteiger charge is -2.16. The maximum absolute atomic E-state index is 12.0. The fraction of sp³-hybridized carbons (Fsp3) is 0.0769. The van der Waals surface area contributed by atoms with Crippen molar-refractivity contribution < 1.29 is 4.79 Å². The van der Waals surface area contributed by atoms with Gasteiger partial charge in [-0.1, -0.05) is 23.9 Å². The second kappa shape index (κ2) is 5.82. The fourth-order valence-electron chi connectivity index (χ4n) is 1.73. The Balaban J connectivity index is 1.76. The molecule has 1 aliphatic rings. The van der Waals surface area contributed by atoms with Crippen molar-refractivity contribution in [3.63, 3.8) is 0 Å². The van der Waals surface area contributed by atoms with Gasteiger partial charge in [-0.05, 0) is 22.9 Å². The summed E-state index contributed by atoms with van der Waals surface area (Å²) in [6, 6.07) is 7.71. The maximum Gasteiger partial charge on any atom is 0.197 e. The average molecular weight is 321 g/mol. The Kier molecular flexibility index (Phi) is 3.90. The van der Waals surface area contributed by atoms with Gasteiger partial charge in [-0.15, -0.1) is 27.8 Å². The first kappa shape index (κ1) is 13.4. The molecule has 2 N–H and O–H groups in total. The SMILES string of the molecule is NC1=NN(/C=C/C(=O)c2cccs2)C(c2cccs2)S1. The van der Waals surface area contributed by atoms with Gasteiger partial charge in [-0.2, -0.15) is 0 Å². The predicted octanol–water partition coefficient (Wildman–Crippen LogP) is 3.48. The lowest BCUT2D eigenvalue weighted by atomic mass is 10.3. The van der Waals surface area contributed by atoms with Crippen LogP contribution < -0.4 is 5.73 Å². The van der Waals surface area contributed by atoms with E-state index in [0.29, 0.717) is 5.17 Å². The third-order valence-corrected chi connectivity index (χ3v) is 5.59.